The van der Waals surface area contributed by atoms with Gasteiger partial charge in [0, 0.05) is 0 Å². The number of anilines is 1. The van der Waals surface area contributed by atoms with E-state index < -0.39 is 7.26 Å². The number of unbranched alkanes of at least 4 members (excludes halogenated alkanes) is 3. The molecule has 0 heterocycles. The van der Waals surface area contributed by atoms with Crippen LogP contribution in [-0.2, 0) is 4.79 Å². The zero-order valence-corrected chi connectivity index (χ0v) is 20.5. The molecule has 0 saturated heterocycles. The molecular weight excluding hydrogens is 361 g/mol. The van der Waals surface area contributed by atoms with Crippen molar-refractivity contribution in [2.24, 2.45) is 0 Å². The summed E-state index contributed by atoms with van der Waals surface area (Å²) in [6, 6.07) is 6.29. The molecule has 2 nitrogen and oxygen atoms in total. The fourth-order valence-electron chi connectivity index (χ4n) is 4.71. The van der Waals surface area contributed by atoms with Crippen LogP contribution in [0.25, 0.3) is 0 Å². The van der Waals surface area contributed by atoms with Gasteiger partial charge in [-0.1, -0.05) is 0 Å². The molecule has 0 fully saturated rings. The molecule has 162 valence electrons. The molecule has 0 aliphatic carbocycles. The number of para-hydroxylation sites is 1. The molecule has 1 aromatic rings. The van der Waals surface area contributed by atoms with Gasteiger partial charge in [-0.25, -0.2) is 0 Å². The quantitative estimate of drug-likeness (QED) is 0.317. The number of hydrogen-bond donors (Lipinski definition) is 1. The molecule has 1 N–H and O–H groups in total. The first kappa shape index (κ1) is 25.2. The Hall–Kier alpha value is -0.880. The first-order valence-electron chi connectivity index (χ1n) is 11.8. The fraction of sp³-hybridized carbons (Fsp3) is 0.720. The third-order valence-corrected chi connectivity index (χ3v) is 12.5. The number of nitrogens with one attached hydrogen (secondary N) is 1. The SMILES string of the molecule is CCCC[PH](CCCC)(CCCC)C(CCC)C(=O)Nc1c(C)cccc1C. The molecule has 0 spiro atoms. The predicted octanol–water partition coefficient (Wildman–Crippen LogP) is 7.56. The summed E-state index contributed by atoms with van der Waals surface area (Å²) in [5, 5.41) is 3.39. The van der Waals surface area contributed by atoms with Crippen LogP contribution in [0.15, 0.2) is 18.2 Å². The van der Waals surface area contributed by atoms with Crippen LogP contribution in [0, 0.1) is 13.8 Å². The Bertz CT molecular complexity index is 542. The minimum atomic E-state index is -1.67. The summed E-state index contributed by atoms with van der Waals surface area (Å²) < 4.78 is 0. The molecule has 1 atom stereocenters. The zero-order chi connectivity index (χ0) is 21.0. The maximum absolute atomic E-state index is 13.7. The number of rotatable bonds is 14. The molecule has 0 radical (unpaired) electrons. The van der Waals surface area contributed by atoms with Crippen molar-refractivity contribution in [2.45, 2.75) is 98.6 Å². The summed E-state index contributed by atoms with van der Waals surface area (Å²) in [5.74, 6) is 0.314. The number of carbonyl (C=O) groups excluding carboxylic acids is 1. The number of amides is 1. The van der Waals surface area contributed by atoms with Gasteiger partial charge in [-0.05, 0) is 0 Å². The van der Waals surface area contributed by atoms with Gasteiger partial charge in [-0.15, -0.1) is 0 Å². The van der Waals surface area contributed by atoms with Crippen molar-refractivity contribution >= 4 is 18.9 Å². The summed E-state index contributed by atoms with van der Waals surface area (Å²) in [7, 11) is -1.67. The van der Waals surface area contributed by atoms with Crippen LogP contribution in [0.2, 0.25) is 0 Å². The third-order valence-electron chi connectivity index (χ3n) is 6.45. The van der Waals surface area contributed by atoms with E-state index >= 15 is 0 Å². The van der Waals surface area contributed by atoms with Crippen LogP contribution in [0.4, 0.5) is 5.69 Å². The van der Waals surface area contributed by atoms with Gasteiger partial charge in [-0.2, -0.15) is 0 Å². The minimum absolute atomic E-state index is 0.251. The van der Waals surface area contributed by atoms with E-state index in [1.807, 2.05) is 0 Å². The summed E-state index contributed by atoms with van der Waals surface area (Å²) >= 11 is 0. The average molecular weight is 408 g/mol. The maximum atomic E-state index is 13.7. The van der Waals surface area contributed by atoms with Crippen molar-refractivity contribution in [3.05, 3.63) is 29.3 Å². The van der Waals surface area contributed by atoms with E-state index in [4.69, 9.17) is 0 Å². The number of hydrogen-bond acceptors (Lipinski definition) is 1. The Labute approximate surface area is 175 Å². The normalized spacial score (nSPS) is 13.4. The fourth-order valence-corrected chi connectivity index (χ4v) is 11.2. The van der Waals surface area contributed by atoms with E-state index in [1.54, 1.807) is 0 Å². The van der Waals surface area contributed by atoms with E-state index in [2.05, 4.69) is 65.1 Å². The third kappa shape index (κ3) is 7.18. The van der Waals surface area contributed by atoms with Gasteiger partial charge in [0.2, 0.25) is 0 Å². The summed E-state index contributed by atoms with van der Waals surface area (Å²) in [5.41, 5.74) is 3.64. The van der Waals surface area contributed by atoms with Crippen molar-refractivity contribution in [3.63, 3.8) is 0 Å². The van der Waals surface area contributed by atoms with Gasteiger partial charge in [-0.3, -0.25) is 0 Å². The molecule has 28 heavy (non-hydrogen) atoms. The van der Waals surface area contributed by atoms with Crippen molar-refractivity contribution < 1.29 is 4.79 Å². The molecular formula is C25H46NOP. The zero-order valence-electron chi connectivity index (χ0n) is 19.5. The van der Waals surface area contributed by atoms with Gasteiger partial charge in [0.15, 0.2) is 0 Å². The molecule has 0 aliphatic rings. The van der Waals surface area contributed by atoms with Gasteiger partial charge >= 0.3 is 175 Å². The van der Waals surface area contributed by atoms with E-state index in [0.29, 0.717) is 5.91 Å². The molecule has 1 aromatic carbocycles. The van der Waals surface area contributed by atoms with Crippen molar-refractivity contribution in [3.8, 4) is 0 Å². The number of benzene rings is 1. The summed E-state index contributed by atoms with van der Waals surface area (Å²) in [6.45, 7) is 13.3. The Morgan fingerprint density at radius 2 is 1.32 bits per heavy atom. The monoisotopic (exact) mass is 407 g/mol. The Kier molecular flexibility index (Phi) is 12.0. The average Bonchev–Trinajstić information content (AvgIpc) is 2.69. The van der Waals surface area contributed by atoms with Crippen molar-refractivity contribution in [1.82, 2.24) is 0 Å². The molecule has 1 unspecified atom stereocenters. The molecule has 0 saturated carbocycles. The second-order valence-corrected chi connectivity index (χ2v) is 13.7. The number of aryl methyl sites for hydroxylation is 2. The topological polar surface area (TPSA) is 29.1 Å². The standard InChI is InChI=1S/C25H46NOP/c1-7-11-18-28(19-12-8-2,20-13-9-3)23(15-10-4)25(27)26-24-21(5)16-14-17-22(24)6/h14,16-17,23,28H,7-13,15,18-20H2,1-6H3,(H,26,27). The molecule has 0 bridgehead atoms. The van der Waals surface area contributed by atoms with E-state index in [9.17, 15) is 4.79 Å². The van der Waals surface area contributed by atoms with Gasteiger partial charge in [0.1, 0.15) is 0 Å². The van der Waals surface area contributed by atoms with Gasteiger partial charge in [0.05, 0.1) is 0 Å². The van der Waals surface area contributed by atoms with Crippen LogP contribution in [0.3, 0.4) is 0 Å². The first-order valence-corrected chi connectivity index (χ1v) is 14.5. The Balaban J connectivity index is 3.24. The molecule has 0 aliphatic heterocycles. The van der Waals surface area contributed by atoms with Crippen LogP contribution in [-0.4, -0.2) is 30.1 Å². The Morgan fingerprint density at radius 1 is 0.857 bits per heavy atom. The van der Waals surface area contributed by atoms with Crippen LogP contribution < -0.4 is 5.32 Å². The van der Waals surface area contributed by atoms with Crippen molar-refractivity contribution in [2.75, 3.05) is 23.8 Å². The first-order chi connectivity index (χ1) is 13.5. The molecule has 1 rings (SSSR count). The molecule has 0 aromatic heterocycles. The second kappa shape index (κ2) is 13.4. The summed E-state index contributed by atoms with van der Waals surface area (Å²) in [4.78, 5) is 13.7. The van der Waals surface area contributed by atoms with E-state index in [0.717, 1.165) is 18.5 Å². The van der Waals surface area contributed by atoms with E-state index in [1.165, 1.54) is 68.1 Å². The van der Waals surface area contributed by atoms with Crippen LogP contribution in [0.5, 0.6) is 0 Å². The van der Waals surface area contributed by atoms with E-state index in [-0.39, 0.29) is 5.66 Å². The molecule has 1 amide bonds. The predicted molar refractivity (Wildman–Crippen MR) is 131 cm³/mol. The van der Waals surface area contributed by atoms with Crippen LogP contribution >= 0.6 is 7.26 Å². The number of carbonyl (C=O) groups is 1. The Morgan fingerprint density at radius 3 is 1.71 bits per heavy atom. The molecule has 3 heteroatoms. The summed E-state index contributed by atoms with van der Waals surface area (Å²) in [6.07, 6.45) is 13.7. The second-order valence-electron chi connectivity index (χ2n) is 8.77. The van der Waals surface area contributed by atoms with Crippen molar-refractivity contribution in [1.29, 1.82) is 0 Å². The van der Waals surface area contributed by atoms with Crippen LogP contribution in [0.1, 0.15) is 90.2 Å². The van der Waals surface area contributed by atoms with Gasteiger partial charge < -0.3 is 0 Å². The van der Waals surface area contributed by atoms with Gasteiger partial charge in [0.25, 0.3) is 0 Å².